The number of hydrogen-bond donors (Lipinski definition) is 1. The normalized spacial score (nSPS) is 11.7. The summed E-state index contributed by atoms with van der Waals surface area (Å²) in [6, 6.07) is 6.45. The number of methoxy groups -OCH3 is 1. The molecule has 0 amide bonds. The third kappa shape index (κ3) is 2.97. The molecule has 0 radical (unpaired) electrons. The number of thiophene rings is 1. The van der Waals surface area contributed by atoms with Crippen LogP contribution in [0.4, 0.5) is 4.39 Å². The SMILES string of the molecule is COc1ccc([C@@H](N)c2ccsc2)cc1F.Cl. The van der Waals surface area contributed by atoms with Gasteiger partial charge in [0.2, 0.25) is 0 Å². The fraction of sp³-hybridized carbons (Fsp3) is 0.167. The molecule has 0 saturated carbocycles. The number of nitrogens with two attached hydrogens (primary N) is 1. The van der Waals surface area contributed by atoms with Crippen LogP contribution in [0.25, 0.3) is 0 Å². The molecule has 0 unspecified atom stereocenters. The van der Waals surface area contributed by atoms with Crippen LogP contribution in [-0.4, -0.2) is 7.11 Å². The third-order valence-corrected chi connectivity index (χ3v) is 3.14. The number of benzene rings is 1. The molecule has 17 heavy (non-hydrogen) atoms. The van der Waals surface area contributed by atoms with Crippen molar-refractivity contribution in [3.63, 3.8) is 0 Å². The van der Waals surface area contributed by atoms with E-state index in [2.05, 4.69) is 0 Å². The molecule has 92 valence electrons. The van der Waals surface area contributed by atoms with E-state index in [-0.39, 0.29) is 30.0 Å². The van der Waals surface area contributed by atoms with Crippen molar-refractivity contribution in [1.82, 2.24) is 0 Å². The monoisotopic (exact) mass is 273 g/mol. The zero-order chi connectivity index (χ0) is 11.5. The molecule has 1 aromatic heterocycles. The summed E-state index contributed by atoms with van der Waals surface area (Å²) in [6.07, 6.45) is 0. The van der Waals surface area contributed by atoms with Crippen molar-refractivity contribution in [2.45, 2.75) is 6.04 Å². The highest BCUT2D eigenvalue weighted by molar-refractivity contribution is 7.08. The maximum Gasteiger partial charge on any atom is 0.165 e. The Hall–Kier alpha value is -1.10. The van der Waals surface area contributed by atoms with E-state index in [0.717, 1.165) is 11.1 Å². The topological polar surface area (TPSA) is 35.2 Å². The highest BCUT2D eigenvalue weighted by Crippen LogP contribution is 2.25. The van der Waals surface area contributed by atoms with Crippen molar-refractivity contribution in [2.75, 3.05) is 7.11 Å². The Balaban J connectivity index is 0.00000144. The van der Waals surface area contributed by atoms with Crippen LogP contribution < -0.4 is 10.5 Å². The van der Waals surface area contributed by atoms with Crippen molar-refractivity contribution in [3.05, 3.63) is 52.0 Å². The number of hydrogen-bond acceptors (Lipinski definition) is 3. The summed E-state index contributed by atoms with van der Waals surface area (Å²) in [5.74, 6) is -0.146. The Bertz CT molecular complexity index is 475. The Labute approximate surface area is 110 Å². The summed E-state index contributed by atoms with van der Waals surface area (Å²) in [5.41, 5.74) is 7.76. The lowest BCUT2D eigenvalue weighted by atomic mass is 10.0. The van der Waals surface area contributed by atoms with Crippen LogP contribution in [0.5, 0.6) is 5.75 Å². The van der Waals surface area contributed by atoms with Gasteiger partial charge in [-0.15, -0.1) is 12.4 Å². The van der Waals surface area contributed by atoms with Gasteiger partial charge in [0.15, 0.2) is 11.6 Å². The molecule has 0 saturated heterocycles. The Kier molecular flexibility index (Phi) is 4.93. The summed E-state index contributed by atoms with van der Waals surface area (Å²) in [4.78, 5) is 0. The molecule has 2 N–H and O–H groups in total. The first-order valence-corrected chi connectivity index (χ1v) is 5.77. The van der Waals surface area contributed by atoms with Crippen molar-refractivity contribution in [3.8, 4) is 5.75 Å². The van der Waals surface area contributed by atoms with Crippen LogP contribution in [0, 0.1) is 5.82 Å². The Morgan fingerprint density at radius 3 is 2.59 bits per heavy atom. The van der Waals surface area contributed by atoms with Crippen molar-refractivity contribution in [2.24, 2.45) is 5.73 Å². The summed E-state index contributed by atoms with van der Waals surface area (Å²) in [5, 5.41) is 3.92. The van der Waals surface area contributed by atoms with Gasteiger partial charge in [-0.25, -0.2) is 4.39 Å². The summed E-state index contributed by atoms with van der Waals surface area (Å²) in [7, 11) is 1.44. The van der Waals surface area contributed by atoms with Gasteiger partial charge in [0.25, 0.3) is 0 Å². The number of ether oxygens (including phenoxy) is 1. The van der Waals surface area contributed by atoms with Crippen LogP contribution in [-0.2, 0) is 0 Å². The molecule has 0 aliphatic heterocycles. The molecule has 5 heteroatoms. The number of rotatable bonds is 3. The minimum absolute atomic E-state index is 0. The molecule has 2 nitrogen and oxygen atoms in total. The van der Waals surface area contributed by atoms with E-state index < -0.39 is 0 Å². The average molecular weight is 274 g/mol. The molecular formula is C12H13ClFNOS. The van der Waals surface area contributed by atoms with E-state index in [1.165, 1.54) is 13.2 Å². The molecule has 1 aromatic carbocycles. The molecule has 0 aliphatic rings. The second-order valence-corrected chi connectivity index (χ2v) is 4.21. The quantitative estimate of drug-likeness (QED) is 0.931. The van der Waals surface area contributed by atoms with Crippen LogP contribution in [0.2, 0.25) is 0 Å². The molecular weight excluding hydrogens is 261 g/mol. The minimum atomic E-state index is -0.384. The molecule has 1 heterocycles. The van der Waals surface area contributed by atoms with Crippen LogP contribution in [0.3, 0.4) is 0 Å². The zero-order valence-corrected chi connectivity index (χ0v) is 10.9. The molecule has 0 fully saturated rings. The first-order chi connectivity index (χ1) is 7.72. The zero-order valence-electron chi connectivity index (χ0n) is 9.22. The smallest absolute Gasteiger partial charge is 0.165 e. The van der Waals surface area contributed by atoms with E-state index in [4.69, 9.17) is 10.5 Å². The van der Waals surface area contributed by atoms with Crippen molar-refractivity contribution < 1.29 is 9.13 Å². The highest BCUT2D eigenvalue weighted by Gasteiger charge is 2.12. The van der Waals surface area contributed by atoms with Gasteiger partial charge >= 0.3 is 0 Å². The van der Waals surface area contributed by atoms with Crippen molar-refractivity contribution >= 4 is 23.7 Å². The first kappa shape index (κ1) is 14.0. The second kappa shape index (κ2) is 6.00. The fourth-order valence-corrected chi connectivity index (χ4v) is 2.22. The molecule has 0 bridgehead atoms. The molecule has 2 aromatic rings. The van der Waals surface area contributed by atoms with Gasteiger partial charge in [-0.1, -0.05) is 6.07 Å². The van der Waals surface area contributed by atoms with Crippen molar-refractivity contribution in [1.29, 1.82) is 0 Å². The lowest BCUT2D eigenvalue weighted by Crippen LogP contribution is -2.11. The largest absolute Gasteiger partial charge is 0.494 e. The van der Waals surface area contributed by atoms with E-state index in [1.54, 1.807) is 23.5 Å². The van der Waals surface area contributed by atoms with Crippen LogP contribution in [0.15, 0.2) is 35.0 Å². The minimum Gasteiger partial charge on any atom is -0.494 e. The number of halogens is 2. The predicted octanol–water partition coefficient (Wildman–Crippen LogP) is 3.37. The fourth-order valence-electron chi connectivity index (χ4n) is 1.52. The van der Waals surface area contributed by atoms with Gasteiger partial charge < -0.3 is 10.5 Å². The second-order valence-electron chi connectivity index (χ2n) is 3.43. The van der Waals surface area contributed by atoms with Gasteiger partial charge in [-0.3, -0.25) is 0 Å². The Morgan fingerprint density at radius 1 is 1.29 bits per heavy atom. The van der Waals surface area contributed by atoms with Gasteiger partial charge in [0.1, 0.15) is 0 Å². The van der Waals surface area contributed by atoms with Gasteiger partial charge in [0.05, 0.1) is 13.2 Å². The highest BCUT2D eigenvalue weighted by atomic mass is 35.5. The maximum absolute atomic E-state index is 13.5. The van der Waals surface area contributed by atoms with E-state index in [1.807, 2.05) is 16.8 Å². The molecule has 2 rings (SSSR count). The molecule has 0 spiro atoms. The van der Waals surface area contributed by atoms with E-state index >= 15 is 0 Å². The summed E-state index contributed by atoms with van der Waals surface area (Å²) in [6.45, 7) is 0. The predicted molar refractivity (Wildman–Crippen MR) is 70.5 cm³/mol. The average Bonchev–Trinajstić information content (AvgIpc) is 2.81. The Morgan fingerprint density at radius 2 is 2.06 bits per heavy atom. The van der Waals surface area contributed by atoms with Crippen LogP contribution >= 0.6 is 23.7 Å². The summed E-state index contributed by atoms with van der Waals surface area (Å²) >= 11 is 1.58. The lowest BCUT2D eigenvalue weighted by Gasteiger charge is -2.11. The third-order valence-electron chi connectivity index (χ3n) is 2.44. The van der Waals surface area contributed by atoms with Crippen LogP contribution in [0.1, 0.15) is 17.2 Å². The van der Waals surface area contributed by atoms with E-state index in [9.17, 15) is 4.39 Å². The standard InChI is InChI=1S/C12H12FNOS.ClH/c1-15-11-3-2-8(6-10(11)13)12(14)9-4-5-16-7-9;/h2-7,12H,14H2,1H3;1H/t12-;/m1./s1. The van der Waals surface area contributed by atoms with Gasteiger partial charge in [-0.2, -0.15) is 11.3 Å². The molecule has 1 atom stereocenters. The van der Waals surface area contributed by atoms with Gasteiger partial charge in [-0.05, 0) is 40.1 Å². The van der Waals surface area contributed by atoms with Gasteiger partial charge in [0, 0.05) is 0 Å². The van der Waals surface area contributed by atoms with E-state index in [0.29, 0.717) is 0 Å². The summed E-state index contributed by atoms with van der Waals surface area (Å²) < 4.78 is 18.3. The molecule has 0 aliphatic carbocycles. The first-order valence-electron chi connectivity index (χ1n) is 4.83. The maximum atomic E-state index is 13.5. The lowest BCUT2D eigenvalue weighted by molar-refractivity contribution is 0.386.